The zero-order valence-electron chi connectivity index (χ0n) is 25.2. The molecule has 0 aromatic carbocycles. The number of pyridine rings is 2. The maximum Gasteiger partial charge on any atom is 0.410 e. The van der Waals surface area contributed by atoms with Gasteiger partial charge < -0.3 is 18.8 Å². The number of rotatable bonds is 5. The van der Waals surface area contributed by atoms with Crippen molar-refractivity contribution < 1.29 is 23.1 Å². The maximum absolute atomic E-state index is 15.7. The topological polar surface area (TPSA) is 77.0 Å². The summed E-state index contributed by atoms with van der Waals surface area (Å²) in [5, 5.41) is 0.780. The monoisotopic (exact) mass is 670 g/mol. The van der Waals surface area contributed by atoms with E-state index in [-0.39, 0.29) is 28.4 Å². The van der Waals surface area contributed by atoms with Crippen LogP contribution in [0.4, 0.5) is 15.0 Å². The summed E-state index contributed by atoms with van der Waals surface area (Å²) in [5.41, 5.74) is -0.398. The van der Waals surface area contributed by atoms with Gasteiger partial charge in [-0.2, -0.15) is 0 Å². The highest BCUT2D eigenvalue weighted by Gasteiger charge is 2.49. The molecule has 0 aliphatic carbocycles. The fourth-order valence-electron chi connectivity index (χ4n) is 5.63. The lowest BCUT2D eigenvalue weighted by Gasteiger charge is -2.46. The molecule has 41 heavy (non-hydrogen) atoms. The van der Waals surface area contributed by atoms with Crippen molar-refractivity contribution in [3.8, 4) is 0 Å². The van der Waals surface area contributed by atoms with Crippen molar-refractivity contribution in [1.82, 2.24) is 14.9 Å². The van der Waals surface area contributed by atoms with E-state index < -0.39 is 25.2 Å². The second-order valence-electron chi connectivity index (χ2n) is 14.2. The minimum Gasteiger partial charge on any atom is -0.444 e. The molecule has 0 spiro atoms. The van der Waals surface area contributed by atoms with Crippen LogP contribution in [0, 0.1) is 5.82 Å². The van der Waals surface area contributed by atoms with E-state index in [1.54, 1.807) is 6.20 Å². The van der Waals surface area contributed by atoms with Crippen LogP contribution in [0.1, 0.15) is 60.1 Å². The van der Waals surface area contributed by atoms with Crippen molar-refractivity contribution in [2.24, 2.45) is 0 Å². The second kappa shape index (κ2) is 10.6. The Hall–Kier alpha value is -1.53. The fourth-order valence-corrected chi connectivity index (χ4v) is 7.74. The van der Waals surface area contributed by atoms with E-state index in [1.807, 2.05) is 25.7 Å². The van der Waals surface area contributed by atoms with Crippen LogP contribution < -0.4 is 4.90 Å². The van der Waals surface area contributed by atoms with Gasteiger partial charge in [0.1, 0.15) is 11.4 Å². The van der Waals surface area contributed by atoms with Gasteiger partial charge in [0.25, 0.3) is 0 Å². The molecule has 0 saturated carbocycles. The molecule has 2 atom stereocenters. The minimum absolute atomic E-state index is 0.0273. The first-order valence-electron chi connectivity index (χ1n) is 14.3. The van der Waals surface area contributed by atoms with Gasteiger partial charge in [-0.05, 0) is 67.7 Å². The molecule has 0 N–H and O–H groups in total. The number of aromatic nitrogens is 2. The van der Waals surface area contributed by atoms with Gasteiger partial charge in [-0.3, -0.25) is 4.90 Å². The third-order valence-electron chi connectivity index (χ3n) is 9.02. The Morgan fingerprint density at radius 3 is 2.32 bits per heavy atom. The van der Waals surface area contributed by atoms with Crippen LogP contribution in [0.15, 0.2) is 10.7 Å². The number of ether oxygens (including phenoxy) is 2. The molecule has 3 saturated heterocycles. The smallest absolute Gasteiger partial charge is 0.410 e. The number of hydrogen-bond donors (Lipinski definition) is 0. The van der Waals surface area contributed by atoms with Gasteiger partial charge in [0.05, 0.1) is 40.9 Å². The summed E-state index contributed by atoms with van der Waals surface area (Å²) >= 11 is 9.92. The number of halogens is 3. The van der Waals surface area contributed by atoms with Crippen LogP contribution in [0.2, 0.25) is 23.3 Å². The number of amides is 1. The number of nitrogens with zero attached hydrogens (tertiary/aromatic N) is 4. The molecule has 8 nitrogen and oxygen atoms in total. The van der Waals surface area contributed by atoms with E-state index >= 15 is 4.39 Å². The van der Waals surface area contributed by atoms with Crippen LogP contribution >= 0.6 is 27.5 Å². The predicted molar refractivity (Wildman–Crippen MR) is 165 cm³/mol. The highest BCUT2D eigenvalue weighted by atomic mass is 79.9. The first kappa shape index (κ1) is 30.9. The Morgan fingerprint density at radius 1 is 1.20 bits per heavy atom. The van der Waals surface area contributed by atoms with E-state index in [4.69, 9.17) is 30.5 Å². The van der Waals surface area contributed by atoms with Crippen molar-refractivity contribution in [3.05, 3.63) is 27.3 Å². The van der Waals surface area contributed by atoms with Gasteiger partial charge >= 0.3 is 6.09 Å². The Balaban J connectivity index is 1.55. The summed E-state index contributed by atoms with van der Waals surface area (Å²) in [5.74, 6) is 0.0534. The quantitative estimate of drug-likeness (QED) is 0.249. The Labute approximate surface area is 256 Å². The Morgan fingerprint density at radius 2 is 1.80 bits per heavy atom. The largest absolute Gasteiger partial charge is 0.444 e. The molecule has 2 aromatic heterocycles. The average molecular weight is 672 g/mol. The second-order valence-corrected chi connectivity index (χ2v) is 20.2. The molecule has 2 aromatic rings. The predicted octanol–water partition coefficient (Wildman–Crippen LogP) is 7.06. The normalized spacial score (nSPS) is 22.7. The van der Waals surface area contributed by atoms with Gasteiger partial charge in [0, 0.05) is 36.7 Å². The summed E-state index contributed by atoms with van der Waals surface area (Å²) in [4.78, 5) is 26.5. The zero-order chi connectivity index (χ0) is 30.1. The van der Waals surface area contributed by atoms with Crippen molar-refractivity contribution in [1.29, 1.82) is 0 Å². The molecule has 3 aliphatic rings. The molecule has 226 valence electrons. The van der Waals surface area contributed by atoms with Crippen molar-refractivity contribution in [2.45, 2.75) is 95.6 Å². The standard InChI is InChI=1S/C29H41BrClFN4O4Si/c1-27(2,3)40-26(37)36-17-9-10-18(36)13-35(12-17)25-19-11-33-24(31)22(32)20(19)21(30)23(34-25)29(14-38-15-29)16-39-41(7,8)28(4,5)6/h11,17-18H,9-10,12-16H2,1-8H3. The highest BCUT2D eigenvalue weighted by molar-refractivity contribution is 9.10. The van der Waals surface area contributed by atoms with Gasteiger partial charge in [0.15, 0.2) is 19.3 Å². The lowest BCUT2D eigenvalue weighted by atomic mass is 9.82. The number of carbonyl (C=O) groups is 1. The Bertz CT molecular complexity index is 1350. The van der Waals surface area contributed by atoms with Crippen LogP contribution in [0.5, 0.6) is 0 Å². The van der Waals surface area contributed by atoms with E-state index in [0.29, 0.717) is 59.7 Å². The van der Waals surface area contributed by atoms with Gasteiger partial charge in [-0.25, -0.2) is 19.2 Å². The first-order chi connectivity index (χ1) is 18.9. The summed E-state index contributed by atoms with van der Waals surface area (Å²) in [7, 11) is -2.08. The van der Waals surface area contributed by atoms with E-state index in [1.165, 1.54) is 0 Å². The molecule has 2 bridgehead atoms. The average Bonchev–Trinajstić information content (AvgIpc) is 3.09. The first-order valence-corrected chi connectivity index (χ1v) is 18.3. The summed E-state index contributed by atoms with van der Waals surface area (Å²) in [6.07, 6.45) is 3.05. The van der Waals surface area contributed by atoms with Gasteiger partial charge in [-0.15, -0.1) is 0 Å². The van der Waals surface area contributed by atoms with Crippen molar-refractivity contribution in [2.75, 3.05) is 37.8 Å². The van der Waals surface area contributed by atoms with Gasteiger partial charge in [-0.1, -0.05) is 32.4 Å². The third kappa shape index (κ3) is 5.61. The summed E-state index contributed by atoms with van der Waals surface area (Å²) in [6.45, 7) is 19.1. The van der Waals surface area contributed by atoms with Crippen molar-refractivity contribution >= 4 is 58.5 Å². The van der Waals surface area contributed by atoms with Crippen LogP contribution in [-0.2, 0) is 19.3 Å². The molecular formula is C29H41BrClFN4O4Si. The number of anilines is 1. The van der Waals surface area contributed by atoms with E-state index in [0.717, 1.165) is 12.8 Å². The maximum atomic E-state index is 15.7. The molecule has 1 amide bonds. The summed E-state index contributed by atoms with van der Waals surface area (Å²) < 4.78 is 34.4. The fraction of sp³-hybridized carbons (Fsp3) is 0.690. The van der Waals surface area contributed by atoms with Crippen molar-refractivity contribution in [3.63, 3.8) is 0 Å². The Kier molecular flexibility index (Phi) is 7.97. The van der Waals surface area contributed by atoms with E-state index in [2.05, 4.69) is 59.7 Å². The molecule has 2 unspecified atom stereocenters. The molecule has 5 heterocycles. The molecule has 12 heteroatoms. The molecule has 5 rings (SSSR count). The minimum atomic E-state index is -2.08. The lowest BCUT2D eigenvalue weighted by Crippen LogP contribution is -2.57. The third-order valence-corrected chi connectivity index (χ3v) is 14.5. The van der Waals surface area contributed by atoms with Crippen LogP contribution in [0.25, 0.3) is 10.8 Å². The lowest BCUT2D eigenvalue weighted by molar-refractivity contribution is -0.0838. The number of hydrogen-bond acceptors (Lipinski definition) is 7. The molecule has 3 aliphatic heterocycles. The van der Waals surface area contributed by atoms with Crippen LogP contribution in [0.3, 0.4) is 0 Å². The number of fused-ring (bicyclic) bond motifs is 3. The number of piperazine rings is 1. The van der Waals surface area contributed by atoms with Gasteiger partial charge in [0.2, 0.25) is 0 Å². The zero-order valence-corrected chi connectivity index (χ0v) is 28.6. The van der Waals surface area contributed by atoms with Crippen LogP contribution in [-0.4, -0.2) is 79.9 Å². The van der Waals surface area contributed by atoms with E-state index in [9.17, 15) is 4.79 Å². The number of carbonyl (C=O) groups excluding carboxylic acids is 1. The molecule has 0 radical (unpaired) electrons. The molecular weight excluding hydrogens is 631 g/mol. The summed E-state index contributed by atoms with van der Waals surface area (Å²) in [6, 6.07) is -0.0545. The highest BCUT2D eigenvalue weighted by Crippen LogP contribution is 2.46. The SMILES string of the molecule is CC(C)(C)OC(=O)N1C2CCC1CN(c1nc(C3(CO[Si](C)(C)C(C)(C)C)COC3)c(Br)c3c(F)c(Cl)ncc13)C2. The molecule has 3 fully saturated rings.